The first-order valence-electron chi connectivity index (χ1n) is 4.82. The lowest BCUT2D eigenvalue weighted by atomic mass is 10.0. The van der Waals surface area contributed by atoms with Gasteiger partial charge in [0.05, 0.1) is 5.56 Å². The Morgan fingerprint density at radius 2 is 1.71 bits per heavy atom. The summed E-state index contributed by atoms with van der Waals surface area (Å²) in [6.07, 6.45) is 0. The maximum atomic E-state index is 11.6. The Balaban J connectivity index is 2.54. The van der Waals surface area contributed by atoms with Crippen LogP contribution in [0.5, 0.6) is 0 Å². The third-order valence-electron chi connectivity index (χ3n) is 2.60. The minimum absolute atomic E-state index is 0.0214. The van der Waals surface area contributed by atoms with E-state index in [1.54, 1.807) is 0 Å². The van der Waals surface area contributed by atoms with Crippen molar-refractivity contribution < 1.29 is 4.79 Å². The lowest BCUT2D eigenvalue weighted by molar-refractivity contribution is 0.0958. The van der Waals surface area contributed by atoms with Crippen LogP contribution in [-0.2, 0) is 0 Å². The van der Waals surface area contributed by atoms with Crippen molar-refractivity contribution in [1.82, 2.24) is 5.32 Å². The summed E-state index contributed by atoms with van der Waals surface area (Å²) in [6.45, 7) is 5.56. The van der Waals surface area contributed by atoms with Gasteiger partial charge in [-0.2, -0.15) is 0 Å². The van der Waals surface area contributed by atoms with Crippen molar-refractivity contribution in [3.05, 3.63) is 28.8 Å². The van der Waals surface area contributed by atoms with Gasteiger partial charge in [-0.25, -0.2) is 0 Å². The number of hydrogen-bond acceptors (Lipinski definition) is 2. The van der Waals surface area contributed by atoms with Crippen molar-refractivity contribution in [2.45, 2.75) is 13.8 Å². The molecule has 3 heteroatoms. The highest BCUT2D eigenvalue weighted by atomic mass is 16.1. The van der Waals surface area contributed by atoms with Crippen molar-refractivity contribution in [2.24, 2.45) is 0 Å². The first kappa shape index (κ1) is 9.06. The topological polar surface area (TPSA) is 41.1 Å². The number of anilines is 1. The van der Waals surface area contributed by atoms with E-state index in [9.17, 15) is 4.79 Å². The third kappa shape index (κ3) is 1.45. The van der Waals surface area contributed by atoms with Crippen LogP contribution in [0.15, 0.2) is 12.1 Å². The molecule has 0 saturated heterocycles. The van der Waals surface area contributed by atoms with E-state index >= 15 is 0 Å². The molecule has 1 heterocycles. The molecule has 0 aromatic heterocycles. The number of carbonyl (C=O) groups is 1. The van der Waals surface area contributed by atoms with Gasteiger partial charge in [0, 0.05) is 18.8 Å². The van der Waals surface area contributed by atoms with E-state index in [1.165, 1.54) is 5.56 Å². The molecular weight excluding hydrogens is 176 g/mol. The third-order valence-corrected chi connectivity index (χ3v) is 2.60. The molecule has 2 rings (SSSR count). The maximum Gasteiger partial charge on any atom is 0.253 e. The van der Waals surface area contributed by atoms with Crippen molar-refractivity contribution in [1.29, 1.82) is 0 Å². The van der Waals surface area contributed by atoms with Crippen LogP contribution in [0.4, 0.5) is 5.69 Å². The van der Waals surface area contributed by atoms with Gasteiger partial charge in [-0.1, -0.05) is 0 Å². The standard InChI is InChI=1S/C11H14N2O/c1-7-5-9-10(6-8(7)2)12-3-4-13-11(9)14/h5-6,12H,3-4H2,1-2H3,(H,13,14). The summed E-state index contributed by atoms with van der Waals surface area (Å²) >= 11 is 0. The Hall–Kier alpha value is -1.51. The predicted molar refractivity (Wildman–Crippen MR) is 56.7 cm³/mol. The molecule has 0 fully saturated rings. The van der Waals surface area contributed by atoms with Crippen LogP contribution >= 0.6 is 0 Å². The molecule has 0 unspecified atom stereocenters. The van der Waals surface area contributed by atoms with E-state index < -0.39 is 0 Å². The molecule has 0 spiro atoms. The molecule has 1 amide bonds. The Kier molecular flexibility index (Phi) is 2.15. The largest absolute Gasteiger partial charge is 0.383 e. The highest BCUT2D eigenvalue weighted by Crippen LogP contribution is 2.21. The van der Waals surface area contributed by atoms with Gasteiger partial charge in [0.15, 0.2) is 0 Å². The van der Waals surface area contributed by atoms with Crippen LogP contribution in [0.1, 0.15) is 21.5 Å². The van der Waals surface area contributed by atoms with Gasteiger partial charge < -0.3 is 10.6 Å². The monoisotopic (exact) mass is 190 g/mol. The molecule has 0 atom stereocenters. The molecule has 1 aliphatic heterocycles. The lowest BCUT2D eigenvalue weighted by Gasteiger charge is -2.09. The SMILES string of the molecule is Cc1cc2c(cc1C)C(=O)NCCN2. The van der Waals surface area contributed by atoms with Crippen molar-refractivity contribution in [2.75, 3.05) is 18.4 Å². The number of benzene rings is 1. The van der Waals surface area contributed by atoms with E-state index in [2.05, 4.69) is 17.6 Å². The molecule has 74 valence electrons. The molecule has 1 aromatic carbocycles. The highest BCUT2D eigenvalue weighted by molar-refractivity contribution is 6.00. The number of carbonyl (C=O) groups excluding carboxylic acids is 1. The number of nitrogens with one attached hydrogen (secondary N) is 2. The summed E-state index contributed by atoms with van der Waals surface area (Å²) in [5.74, 6) is 0.0214. The molecule has 14 heavy (non-hydrogen) atoms. The minimum Gasteiger partial charge on any atom is -0.383 e. The van der Waals surface area contributed by atoms with E-state index in [1.807, 2.05) is 19.1 Å². The zero-order chi connectivity index (χ0) is 10.1. The molecule has 0 bridgehead atoms. The summed E-state index contributed by atoms with van der Waals surface area (Å²) in [7, 11) is 0. The zero-order valence-corrected chi connectivity index (χ0v) is 8.48. The van der Waals surface area contributed by atoms with Crippen LogP contribution in [0, 0.1) is 13.8 Å². The highest BCUT2D eigenvalue weighted by Gasteiger charge is 2.15. The molecule has 2 N–H and O–H groups in total. The van der Waals surface area contributed by atoms with Gasteiger partial charge in [-0.3, -0.25) is 4.79 Å². The molecular formula is C11H14N2O. The Bertz CT molecular complexity index is 385. The molecule has 0 saturated carbocycles. The summed E-state index contributed by atoms with van der Waals surface area (Å²) in [5, 5.41) is 6.09. The van der Waals surface area contributed by atoms with Crippen LogP contribution in [0.2, 0.25) is 0 Å². The smallest absolute Gasteiger partial charge is 0.253 e. The Labute approximate surface area is 83.5 Å². The Morgan fingerprint density at radius 3 is 2.50 bits per heavy atom. The number of amides is 1. The van der Waals surface area contributed by atoms with E-state index in [4.69, 9.17) is 0 Å². The van der Waals surface area contributed by atoms with Gasteiger partial charge in [-0.05, 0) is 37.1 Å². The molecule has 1 aromatic rings. The van der Waals surface area contributed by atoms with E-state index in [-0.39, 0.29) is 5.91 Å². The van der Waals surface area contributed by atoms with Gasteiger partial charge in [0.25, 0.3) is 5.91 Å². The molecule has 1 aliphatic rings. The second kappa shape index (κ2) is 3.33. The Morgan fingerprint density at radius 1 is 1.07 bits per heavy atom. The van der Waals surface area contributed by atoms with Gasteiger partial charge >= 0.3 is 0 Å². The summed E-state index contributed by atoms with van der Waals surface area (Å²) in [6, 6.07) is 3.98. The zero-order valence-electron chi connectivity index (χ0n) is 8.48. The average Bonchev–Trinajstić information content (AvgIpc) is 2.31. The van der Waals surface area contributed by atoms with Crippen LogP contribution < -0.4 is 10.6 Å². The maximum absolute atomic E-state index is 11.6. The second-order valence-corrected chi connectivity index (χ2v) is 3.66. The molecule has 0 radical (unpaired) electrons. The van der Waals surface area contributed by atoms with Crippen molar-refractivity contribution in [3.63, 3.8) is 0 Å². The number of hydrogen-bond donors (Lipinski definition) is 2. The number of rotatable bonds is 0. The fourth-order valence-electron chi connectivity index (χ4n) is 1.62. The summed E-state index contributed by atoms with van der Waals surface area (Å²) < 4.78 is 0. The summed E-state index contributed by atoms with van der Waals surface area (Å²) in [5.41, 5.74) is 4.07. The minimum atomic E-state index is 0.0214. The van der Waals surface area contributed by atoms with E-state index in [0.29, 0.717) is 6.54 Å². The fourth-order valence-corrected chi connectivity index (χ4v) is 1.62. The van der Waals surface area contributed by atoms with Gasteiger partial charge in [-0.15, -0.1) is 0 Å². The van der Waals surface area contributed by atoms with E-state index in [0.717, 1.165) is 23.4 Å². The van der Waals surface area contributed by atoms with Gasteiger partial charge in [0.1, 0.15) is 0 Å². The quantitative estimate of drug-likeness (QED) is 0.650. The van der Waals surface area contributed by atoms with Crippen LogP contribution in [-0.4, -0.2) is 19.0 Å². The van der Waals surface area contributed by atoms with Crippen LogP contribution in [0.3, 0.4) is 0 Å². The molecule has 0 aliphatic carbocycles. The van der Waals surface area contributed by atoms with Gasteiger partial charge in [0.2, 0.25) is 0 Å². The predicted octanol–water partition coefficient (Wildman–Crippen LogP) is 1.46. The second-order valence-electron chi connectivity index (χ2n) is 3.66. The summed E-state index contributed by atoms with van der Waals surface area (Å²) in [4.78, 5) is 11.6. The lowest BCUT2D eigenvalue weighted by Crippen LogP contribution is -2.24. The van der Waals surface area contributed by atoms with Crippen molar-refractivity contribution >= 4 is 11.6 Å². The van der Waals surface area contributed by atoms with Crippen LogP contribution in [0.25, 0.3) is 0 Å². The normalized spacial score (nSPS) is 15.1. The fraction of sp³-hybridized carbons (Fsp3) is 0.364. The van der Waals surface area contributed by atoms with Crippen molar-refractivity contribution in [3.8, 4) is 0 Å². The first-order chi connectivity index (χ1) is 6.68. The number of aryl methyl sites for hydroxylation is 2. The average molecular weight is 190 g/mol. The first-order valence-corrected chi connectivity index (χ1v) is 4.82. The number of fused-ring (bicyclic) bond motifs is 1. The molecule has 3 nitrogen and oxygen atoms in total.